The maximum Gasteiger partial charge on any atom is 0.230 e. The van der Waals surface area contributed by atoms with Gasteiger partial charge >= 0.3 is 0 Å². The topological polar surface area (TPSA) is 46.3 Å². The Labute approximate surface area is 129 Å². The minimum absolute atomic E-state index is 0.213. The molecule has 1 aliphatic heterocycles. The van der Waals surface area contributed by atoms with E-state index in [0.717, 1.165) is 25.9 Å². The molecule has 0 unspecified atom stereocenters. The molecule has 0 atom stereocenters. The van der Waals surface area contributed by atoms with E-state index in [4.69, 9.17) is 5.73 Å². The lowest BCUT2D eigenvalue weighted by atomic mass is 9.67. The first-order chi connectivity index (χ1) is 10.2. The van der Waals surface area contributed by atoms with Crippen LogP contribution in [0, 0.1) is 10.8 Å². The van der Waals surface area contributed by atoms with Crippen LogP contribution in [-0.4, -0.2) is 30.4 Å². The number of hydrogen-bond acceptors (Lipinski definition) is 2. The molecule has 1 saturated heterocycles. The van der Waals surface area contributed by atoms with Crippen molar-refractivity contribution in [2.45, 2.75) is 77.0 Å². The first kappa shape index (κ1) is 15.3. The van der Waals surface area contributed by atoms with Crippen LogP contribution in [0.3, 0.4) is 0 Å². The maximum atomic E-state index is 13.0. The highest BCUT2D eigenvalue weighted by atomic mass is 16.2. The van der Waals surface area contributed by atoms with Crippen molar-refractivity contribution in [1.82, 2.24) is 4.90 Å². The Hall–Kier alpha value is -0.570. The minimum Gasteiger partial charge on any atom is -0.342 e. The van der Waals surface area contributed by atoms with Gasteiger partial charge in [0.2, 0.25) is 5.91 Å². The highest BCUT2D eigenvalue weighted by Gasteiger charge is 2.43. The standard InChI is InChI=1S/C18H32N2O/c19-15-18(9-5-2-6-10-18)16(21)20-13-11-17(12-14-20)7-3-1-4-8-17/h1-15,19H2. The van der Waals surface area contributed by atoms with Crippen LogP contribution in [0.15, 0.2) is 0 Å². The van der Waals surface area contributed by atoms with Gasteiger partial charge in [-0.2, -0.15) is 0 Å². The smallest absolute Gasteiger partial charge is 0.230 e. The van der Waals surface area contributed by atoms with Crippen LogP contribution >= 0.6 is 0 Å². The van der Waals surface area contributed by atoms with Crippen molar-refractivity contribution in [2.24, 2.45) is 16.6 Å². The summed E-state index contributed by atoms with van der Waals surface area (Å²) < 4.78 is 0. The molecule has 1 amide bonds. The fourth-order valence-electron chi connectivity index (χ4n) is 5.06. The normalized spacial score (nSPS) is 28.5. The van der Waals surface area contributed by atoms with Crippen molar-refractivity contribution in [3.63, 3.8) is 0 Å². The number of carbonyl (C=O) groups excluding carboxylic acids is 1. The fourth-order valence-corrected chi connectivity index (χ4v) is 5.06. The number of rotatable bonds is 2. The van der Waals surface area contributed by atoms with E-state index in [9.17, 15) is 4.79 Å². The van der Waals surface area contributed by atoms with Crippen molar-refractivity contribution in [2.75, 3.05) is 19.6 Å². The van der Waals surface area contributed by atoms with Crippen molar-refractivity contribution in [3.8, 4) is 0 Å². The molecule has 120 valence electrons. The summed E-state index contributed by atoms with van der Waals surface area (Å²) in [7, 11) is 0. The van der Waals surface area contributed by atoms with Crippen LogP contribution in [0.5, 0.6) is 0 Å². The van der Waals surface area contributed by atoms with Crippen molar-refractivity contribution in [3.05, 3.63) is 0 Å². The molecule has 3 fully saturated rings. The summed E-state index contributed by atoms with van der Waals surface area (Å²) in [5.41, 5.74) is 6.40. The Kier molecular flexibility index (Phi) is 4.58. The van der Waals surface area contributed by atoms with Crippen LogP contribution in [0.1, 0.15) is 77.0 Å². The van der Waals surface area contributed by atoms with Gasteiger partial charge in [0.15, 0.2) is 0 Å². The minimum atomic E-state index is -0.213. The molecule has 2 saturated carbocycles. The quantitative estimate of drug-likeness (QED) is 0.847. The third-order valence-electron chi connectivity index (χ3n) is 6.68. The van der Waals surface area contributed by atoms with Crippen LogP contribution in [0.2, 0.25) is 0 Å². The van der Waals surface area contributed by atoms with Gasteiger partial charge in [0.25, 0.3) is 0 Å². The largest absolute Gasteiger partial charge is 0.342 e. The second-order valence-electron chi connectivity index (χ2n) is 7.90. The Balaban J connectivity index is 1.61. The molecule has 3 aliphatic rings. The van der Waals surface area contributed by atoms with E-state index >= 15 is 0 Å². The van der Waals surface area contributed by atoms with Gasteiger partial charge in [-0.3, -0.25) is 4.79 Å². The average Bonchev–Trinajstić information content (AvgIpc) is 2.56. The number of nitrogens with two attached hydrogens (primary N) is 1. The van der Waals surface area contributed by atoms with Gasteiger partial charge in [-0.05, 0) is 43.9 Å². The first-order valence-electron chi connectivity index (χ1n) is 9.19. The van der Waals surface area contributed by atoms with Crippen molar-refractivity contribution >= 4 is 5.91 Å². The summed E-state index contributed by atoms with van der Waals surface area (Å²) in [6, 6.07) is 0. The molecule has 0 bridgehead atoms. The molecule has 3 nitrogen and oxygen atoms in total. The van der Waals surface area contributed by atoms with E-state index in [1.54, 1.807) is 0 Å². The Morgan fingerprint density at radius 1 is 0.810 bits per heavy atom. The molecule has 3 heteroatoms. The van der Waals surface area contributed by atoms with Gasteiger partial charge in [-0.25, -0.2) is 0 Å². The van der Waals surface area contributed by atoms with E-state index in [-0.39, 0.29) is 5.41 Å². The maximum absolute atomic E-state index is 13.0. The average molecular weight is 292 g/mol. The second kappa shape index (κ2) is 6.28. The Bertz CT molecular complexity index is 357. The van der Waals surface area contributed by atoms with E-state index in [2.05, 4.69) is 4.90 Å². The molecule has 0 aromatic carbocycles. The summed E-state index contributed by atoms with van der Waals surface area (Å²) >= 11 is 0. The van der Waals surface area contributed by atoms with Gasteiger partial charge in [-0.1, -0.05) is 38.5 Å². The number of piperidine rings is 1. The summed E-state index contributed by atoms with van der Waals surface area (Å²) in [6.45, 7) is 2.52. The third kappa shape index (κ3) is 2.99. The molecule has 2 aliphatic carbocycles. The zero-order valence-corrected chi connectivity index (χ0v) is 13.5. The number of hydrogen-bond donors (Lipinski definition) is 1. The number of amides is 1. The Morgan fingerprint density at radius 2 is 1.33 bits per heavy atom. The number of likely N-dealkylation sites (tertiary alicyclic amines) is 1. The molecule has 0 aromatic heterocycles. The summed E-state index contributed by atoms with van der Waals surface area (Å²) in [6.07, 6.45) is 15.2. The Morgan fingerprint density at radius 3 is 1.86 bits per heavy atom. The molecule has 0 radical (unpaired) electrons. The molecule has 1 heterocycles. The predicted octanol–water partition coefficient (Wildman–Crippen LogP) is 3.47. The molecule has 2 N–H and O–H groups in total. The van der Waals surface area contributed by atoms with Gasteiger partial charge in [0.05, 0.1) is 5.41 Å². The van der Waals surface area contributed by atoms with E-state index in [0.29, 0.717) is 17.9 Å². The lowest BCUT2D eigenvalue weighted by Crippen LogP contribution is -2.52. The highest BCUT2D eigenvalue weighted by molar-refractivity contribution is 5.83. The summed E-state index contributed by atoms with van der Waals surface area (Å²) in [5, 5.41) is 0. The van der Waals surface area contributed by atoms with Gasteiger partial charge < -0.3 is 10.6 Å². The first-order valence-corrected chi connectivity index (χ1v) is 9.19. The zero-order chi connectivity index (χ0) is 14.8. The van der Waals surface area contributed by atoms with Gasteiger partial charge in [0.1, 0.15) is 0 Å². The van der Waals surface area contributed by atoms with Crippen LogP contribution in [0.4, 0.5) is 0 Å². The number of carbonyl (C=O) groups is 1. The lowest BCUT2D eigenvalue weighted by Gasteiger charge is -2.47. The predicted molar refractivity (Wildman–Crippen MR) is 85.9 cm³/mol. The van der Waals surface area contributed by atoms with Crippen LogP contribution in [0.25, 0.3) is 0 Å². The van der Waals surface area contributed by atoms with E-state index in [1.807, 2.05) is 0 Å². The molecule has 1 spiro atoms. The van der Waals surface area contributed by atoms with E-state index < -0.39 is 0 Å². The van der Waals surface area contributed by atoms with Crippen molar-refractivity contribution < 1.29 is 4.79 Å². The zero-order valence-electron chi connectivity index (χ0n) is 13.5. The number of nitrogens with zero attached hydrogens (tertiary/aromatic N) is 1. The van der Waals surface area contributed by atoms with Crippen LogP contribution in [-0.2, 0) is 4.79 Å². The monoisotopic (exact) mass is 292 g/mol. The molecular formula is C18H32N2O. The summed E-state index contributed by atoms with van der Waals surface area (Å²) in [5.74, 6) is 0.385. The van der Waals surface area contributed by atoms with Gasteiger partial charge in [-0.15, -0.1) is 0 Å². The molecule has 0 aromatic rings. The molecular weight excluding hydrogens is 260 g/mol. The van der Waals surface area contributed by atoms with Crippen molar-refractivity contribution in [1.29, 1.82) is 0 Å². The summed E-state index contributed by atoms with van der Waals surface area (Å²) in [4.78, 5) is 15.2. The van der Waals surface area contributed by atoms with E-state index in [1.165, 1.54) is 64.2 Å². The molecule has 21 heavy (non-hydrogen) atoms. The van der Waals surface area contributed by atoms with Gasteiger partial charge in [0, 0.05) is 19.6 Å². The van der Waals surface area contributed by atoms with Crippen LogP contribution < -0.4 is 5.73 Å². The highest BCUT2D eigenvalue weighted by Crippen LogP contribution is 2.45. The second-order valence-corrected chi connectivity index (χ2v) is 7.90. The lowest BCUT2D eigenvalue weighted by molar-refractivity contribution is -0.146. The fraction of sp³-hybridized carbons (Fsp3) is 0.944. The third-order valence-corrected chi connectivity index (χ3v) is 6.68. The SMILES string of the molecule is NCC1(C(=O)N2CCC3(CCCCC3)CC2)CCCCC1. The molecule has 3 rings (SSSR count).